The molecule has 0 heterocycles. The minimum atomic E-state index is 1.10. The zero-order valence-electron chi connectivity index (χ0n) is 12.8. The first-order valence-electron chi connectivity index (χ1n) is 9.36. The Kier molecular flexibility index (Phi) is 3.40. The normalized spacial score (nSPS) is 53.2. The monoisotopic (exact) mass is 260 g/mol. The Hall–Kier alpha value is 0. The first kappa shape index (κ1) is 12.7. The van der Waals surface area contributed by atoms with Crippen LogP contribution in [0.4, 0.5) is 0 Å². The fraction of sp³-hybridized carbons (Fsp3) is 1.00. The van der Waals surface area contributed by atoms with Gasteiger partial charge in [-0.15, -0.1) is 0 Å². The van der Waals surface area contributed by atoms with Crippen LogP contribution >= 0.6 is 0 Å². The predicted molar refractivity (Wildman–Crippen MR) is 80.9 cm³/mol. The Labute approximate surface area is 119 Å². The summed E-state index contributed by atoms with van der Waals surface area (Å²) in [6.45, 7) is 2.43. The van der Waals surface area contributed by atoms with E-state index in [1.54, 1.807) is 64.2 Å². The van der Waals surface area contributed by atoms with Crippen molar-refractivity contribution in [3.05, 3.63) is 0 Å². The summed E-state index contributed by atoms with van der Waals surface area (Å²) >= 11 is 0. The Morgan fingerprint density at radius 2 is 1.37 bits per heavy atom. The van der Waals surface area contributed by atoms with Crippen molar-refractivity contribution >= 4 is 0 Å². The summed E-state index contributed by atoms with van der Waals surface area (Å²) in [5.41, 5.74) is 0. The summed E-state index contributed by atoms with van der Waals surface area (Å²) in [5, 5.41) is 0. The van der Waals surface area contributed by atoms with E-state index in [2.05, 4.69) is 6.92 Å². The van der Waals surface area contributed by atoms with Crippen LogP contribution in [-0.4, -0.2) is 0 Å². The van der Waals surface area contributed by atoms with E-state index in [1.165, 1.54) is 6.42 Å². The molecule has 4 aliphatic carbocycles. The van der Waals surface area contributed by atoms with Gasteiger partial charge < -0.3 is 0 Å². The zero-order chi connectivity index (χ0) is 12.8. The molecule has 0 nitrogen and oxygen atoms in total. The lowest BCUT2D eigenvalue weighted by Gasteiger charge is -2.51. The highest BCUT2D eigenvalue weighted by atomic mass is 14.5. The molecule has 7 atom stereocenters. The van der Waals surface area contributed by atoms with E-state index in [9.17, 15) is 0 Å². The van der Waals surface area contributed by atoms with Gasteiger partial charge in [0.2, 0.25) is 0 Å². The largest absolute Gasteiger partial charge is 0.0651 e. The van der Waals surface area contributed by atoms with Crippen LogP contribution in [0.3, 0.4) is 0 Å². The van der Waals surface area contributed by atoms with E-state index < -0.39 is 0 Å². The fourth-order valence-electron chi connectivity index (χ4n) is 6.93. The topological polar surface area (TPSA) is 0 Å². The van der Waals surface area contributed by atoms with Crippen molar-refractivity contribution in [2.75, 3.05) is 0 Å². The van der Waals surface area contributed by atoms with Crippen LogP contribution in [-0.2, 0) is 0 Å². The van der Waals surface area contributed by atoms with E-state index in [0.29, 0.717) is 0 Å². The lowest BCUT2D eigenvalue weighted by molar-refractivity contribution is -0.0186. The van der Waals surface area contributed by atoms with Gasteiger partial charge in [0.25, 0.3) is 0 Å². The van der Waals surface area contributed by atoms with E-state index in [0.717, 1.165) is 41.4 Å². The van der Waals surface area contributed by atoms with Crippen molar-refractivity contribution < 1.29 is 0 Å². The molecule has 108 valence electrons. The third kappa shape index (κ3) is 2.09. The number of rotatable bonds is 1. The average molecular weight is 260 g/mol. The van der Waals surface area contributed by atoms with E-state index >= 15 is 0 Å². The molecule has 4 aliphatic rings. The van der Waals surface area contributed by atoms with Crippen LogP contribution in [0.25, 0.3) is 0 Å². The second-order valence-corrected chi connectivity index (χ2v) is 8.36. The highest BCUT2D eigenvalue weighted by Gasteiger charge is 2.49. The molecular weight excluding hydrogens is 228 g/mol. The molecule has 4 rings (SSSR count). The quantitative estimate of drug-likeness (QED) is 0.570. The van der Waals surface area contributed by atoms with Gasteiger partial charge in [-0.25, -0.2) is 0 Å². The Morgan fingerprint density at radius 1 is 0.632 bits per heavy atom. The van der Waals surface area contributed by atoms with Gasteiger partial charge in [-0.05, 0) is 86.4 Å². The van der Waals surface area contributed by atoms with Crippen LogP contribution in [0.1, 0.15) is 77.6 Å². The minimum absolute atomic E-state index is 1.10. The smallest absolute Gasteiger partial charge is 0.0352 e. The molecule has 19 heavy (non-hydrogen) atoms. The fourth-order valence-corrected chi connectivity index (χ4v) is 6.93. The van der Waals surface area contributed by atoms with Crippen LogP contribution in [0.15, 0.2) is 0 Å². The highest BCUT2D eigenvalue weighted by Crippen LogP contribution is 2.59. The van der Waals surface area contributed by atoms with Gasteiger partial charge in [0.05, 0.1) is 0 Å². The van der Waals surface area contributed by atoms with E-state index in [-0.39, 0.29) is 0 Å². The Balaban J connectivity index is 1.52. The Morgan fingerprint density at radius 3 is 2.21 bits per heavy atom. The maximum atomic E-state index is 2.43. The molecule has 4 fully saturated rings. The van der Waals surface area contributed by atoms with Gasteiger partial charge in [-0.3, -0.25) is 0 Å². The molecule has 0 saturated heterocycles. The van der Waals surface area contributed by atoms with Gasteiger partial charge in [0.15, 0.2) is 0 Å². The maximum absolute atomic E-state index is 2.43. The third-order valence-electron chi connectivity index (χ3n) is 7.78. The van der Waals surface area contributed by atoms with Crippen molar-refractivity contribution in [3.8, 4) is 0 Å². The second-order valence-electron chi connectivity index (χ2n) is 8.36. The van der Waals surface area contributed by atoms with Crippen molar-refractivity contribution in [3.63, 3.8) is 0 Å². The SMILES string of the molecule is CCC1C[C@H]2CC[C@H]3[C@@H](CCC4CCCC[C@@H]43)[C@@H]2C1. The van der Waals surface area contributed by atoms with E-state index in [1.807, 2.05) is 0 Å². The standard InChI is InChI=1S/C19H32/c1-2-13-11-15-8-10-17-16-6-4-3-5-14(16)7-9-18(17)19(15)12-13/h13-19H,2-12H2,1H3/t13?,14?,15-,16+,17-,18-,19-/m1/s1. The van der Waals surface area contributed by atoms with Gasteiger partial charge in [-0.1, -0.05) is 32.6 Å². The van der Waals surface area contributed by atoms with Crippen molar-refractivity contribution in [2.45, 2.75) is 77.6 Å². The lowest BCUT2D eigenvalue weighted by atomic mass is 9.54. The summed E-state index contributed by atoms with van der Waals surface area (Å²) in [4.78, 5) is 0. The molecule has 0 bridgehead atoms. The second kappa shape index (κ2) is 5.08. The lowest BCUT2D eigenvalue weighted by Crippen LogP contribution is -2.43. The van der Waals surface area contributed by atoms with Crippen molar-refractivity contribution in [2.24, 2.45) is 41.4 Å². The molecule has 0 spiro atoms. The molecule has 0 radical (unpaired) electrons. The first-order chi connectivity index (χ1) is 9.36. The van der Waals surface area contributed by atoms with Gasteiger partial charge in [0, 0.05) is 0 Å². The van der Waals surface area contributed by atoms with Crippen LogP contribution in [0.2, 0.25) is 0 Å². The third-order valence-corrected chi connectivity index (χ3v) is 7.78. The molecule has 0 N–H and O–H groups in total. The molecule has 0 heteroatoms. The molecule has 2 unspecified atom stereocenters. The highest BCUT2D eigenvalue weighted by molar-refractivity contribution is 4.99. The molecule has 0 aromatic carbocycles. The Bertz CT molecular complexity index is 320. The molecule has 0 amide bonds. The molecular formula is C19H32. The number of hydrogen-bond acceptors (Lipinski definition) is 0. The van der Waals surface area contributed by atoms with Gasteiger partial charge in [-0.2, -0.15) is 0 Å². The molecule has 4 saturated carbocycles. The summed E-state index contributed by atoms with van der Waals surface area (Å²) in [7, 11) is 0. The van der Waals surface area contributed by atoms with Crippen LogP contribution < -0.4 is 0 Å². The molecule has 0 aromatic heterocycles. The number of hydrogen-bond donors (Lipinski definition) is 0. The molecule has 0 aromatic rings. The average Bonchev–Trinajstić information content (AvgIpc) is 2.90. The summed E-state index contributed by atoms with van der Waals surface area (Å²) in [6, 6.07) is 0. The first-order valence-corrected chi connectivity index (χ1v) is 9.36. The van der Waals surface area contributed by atoms with E-state index in [4.69, 9.17) is 0 Å². The van der Waals surface area contributed by atoms with Crippen LogP contribution in [0, 0.1) is 41.4 Å². The molecule has 0 aliphatic heterocycles. The van der Waals surface area contributed by atoms with Gasteiger partial charge >= 0.3 is 0 Å². The van der Waals surface area contributed by atoms with Crippen molar-refractivity contribution in [1.82, 2.24) is 0 Å². The predicted octanol–water partition coefficient (Wildman–Crippen LogP) is 5.67. The minimum Gasteiger partial charge on any atom is -0.0651 e. The van der Waals surface area contributed by atoms with Crippen molar-refractivity contribution in [1.29, 1.82) is 0 Å². The van der Waals surface area contributed by atoms with Gasteiger partial charge in [0.1, 0.15) is 0 Å². The van der Waals surface area contributed by atoms with Crippen LogP contribution in [0.5, 0.6) is 0 Å². The zero-order valence-corrected chi connectivity index (χ0v) is 12.8. The summed E-state index contributed by atoms with van der Waals surface area (Å²) in [5.74, 6) is 8.03. The maximum Gasteiger partial charge on any atom is -0.0352 e. The summed E-state index contributed by atoms with van der Waals surface area (Å²) in [6.07, 6.45) is 17.4. The number of fused-ring (bicyclic) bond motifs is 5. The summed E-state index contributed by atoms with van der Waals surface area (Å²) < 4.78 is 0.